The summed E-state index contributed by atoms with van der Waals surface area (Å²) in [5, 5.41) is 6.35. The van der Waals surface area contributed by atoms with Crippen LogP contribution in [0.15, 0.2) is 24.3 Å². The van der Waals surface area contributed by atoms with Crippen LogP contribution in [0.4, 0.5) is 5.69 Å². The number of piperidine rings is 1. The van der Waals surface area contributed by atoms with E-state index in [9.17, 15) is 14.4 Å². The third-order valence-corrected chi connectivity index (χ3v) is 5.82. The van der Waals surface area contributed by atoms with Crippen LogP contribution in [0.3, 0.4) is 0 Å². The van der Waals surface area contributed by atoms with Crippen LogP contribution < -0.4 is 10.6 Å². The number of anilines is 1. The Morgan fingerprint density at radius 1 is 1.12 bits per heavy atom. The maximum Gasteiger partial charge on any atom is 0.229 e. The van der Waals surface area contributed by atoms with Crippen molar-refractivity contribution in [2.45, 2.75) is 38.6 Å². The summed E-state index contributed by atoms with van der Waals surface area (Å²) < 4.78 is 0. The second-order valence-corrected chi connectivity index (χ2v) is 7.43. The standard InChI is InChI=1S/C19H23N3O3/c23-16-5-6-17(24)22(16)12-13-1-3-14(4-2-13)21-18(25)15-11-19(15)7-9-20-10-8-19/h1-4,15,20H,5-12H2,(H,21,25). The van der Waals surface area contributed by atoms with E-state index in [-0.39, 0.29) is 29.1 Å². The van der Waals surface area contributed by atoms with E-state index in [4.69, 9.17) is 0 Å². The summed E-state index contributed by atoms with van der Waals surface area (Å²) in [5.41, 5.74) is 1.89. The van der Waals surface area contributed by atoms with Gasteiger partial charge in [-0.15, -0.1) is 0 Å². The number of carbonyl (C=O) groups excluding carboxylic acids is 3. The number of nitrogens with zero attached hydrogens (tertiary/aromatic N) is 1. The van der Waals surface area contributed by atoms with Gasteiger partial charge in [0.15, 0.2) is 0 Å². The maximum absolute atomic E-state index is 12.5. The first-order chi connectivity index (χ1) is 12.1. The van der Waals surface area contributed by atoms with Crippen molar-refractivity contribution in [2.75, 3.05) is 18.4 Å². The van der Waals surface area contributed by atoms with Gasteiger partial charge in [-0.3, -0.25) is 19.3 Å². The Bertz CT molecular complexity index is 691. The number of likely N-dealkylation sites (tertiary alicyclic amines) is 1. The molecule has 1 aliphatic carbocycles. The van der Waals surface area contributed by atoms with E-state index in [1.807, 2.05) is 24.3 Å². The lowest BCUT2D eigenvalue weighted by molar-refractivity contribution is -0.139. The van der Waals surface area contributed by atoms with E-state index in [0.717, 1.165) is 43.6 Å². The zero-order chi connectivity index (χ0) is 17.4. The zero-order valence-corrected chi connectivity index (χ0v) is 14.2. The highest BCUT2D eigenvalue weighted by Crippen LogP contribution is 2.58. The van der Waals surface area contributed by atoms with Crippen molar-refractivity contribution in [2.24, 2.45) is 11.3 Å². The largest absolute Gasteiger partial charge is 0.326 e. The Hall–Kier alpha value is -2.21. The molecule has 1 aromatic rings. The van der Waals surface area contributed by atoms with Crippen molar-refractivity contribution in [1.82, 2.24) is 10.2 Å². The predicted molar refractivity (Wildman–Crippen MR) is 92.5 cm³/mol. The van der Waals surface area contributed by atoms with Crippen LogP contribution in [-0.4, -0.2) is 35.7 Å². The third kappa shape index (κ3) is 3.18. The second-order valence-electron chi connectivity index (χ2n) is 7.43. The first-order valence-corrected chi connectivity index (χ1v) is 9.01. The van der Waals surface area contributed by atoms with Crippen LogP contribution in [0.2, 0.25) is 0 Å². The molecule has 3 fully saturated rings. The van der Waals surface area contributed by atoms with Crippen LogP contribution in [0.1, 0.15) is 37.7 Å². The minimum Gasteiger partial charge on any atom is -0.326 e. The van der Waals surface area contributed by atoms with Crippen LogP contribution in [0.25, 0.3) is 0 Å². The van der Waals surface area contributed by atoms with Crippen molar-refractivity contribution >= 4 is 23.4 Å². The molecule has 0 aromatic heterocycles. The van der Waals surface area contributed by atoms with Gasteiger partial charge in [-0.05, 0) is 55.5 Å². The number of carbonyl (C=O) groups is 3. The molecule has 2 heterocycles. The quantitative estimate of drug-likeness (QED) is 0.817. The van der Waals surface area contributed by atoms with Gasteiger partial charge >= 0.3 is 0 Å². The number of hydrogen-bond donors (Lipinski definition) is 2. The summed E-state index contributed by atoms with van der Waals surface area (Å²) in [6, 6.07) is 7.41. The summed E-state index contributed by atoms with van der Waals surface area (Å²) in [6.07, 6.45) is 3.79. The molecular formula is C19H23N3O3. The molecule has 3 amide bonds. The van der Waals surface area contributed by atoms with Gasteiger partial charge in [0, 0.05) is 24.4 Å². The molecule has 0 bridgehead atoms. The number of benzene rings is 1. The van der Waals surface area contributed by atoms with E-state index in [2.05, 4.69) is 10.6 Å². The summed E-state index contributed by atoms with van der Waals surface area (Å²) in [6.45, 7) is 2.32. The lowest BCUT2D eigenvalue weighted by atomic mass is 9.92. The highest BCUT2D eigenvalue weighted by atomic mass is 16.2. The van der Waals surface area contributed by atoms with Gasteiger partial charge in [0.2, 0.25) is 17.7 Å². The van der Waals surface area contributed by atoms with Gasteiger partial charge < -0.3 is 10.6 Å². The Labute approximate surface area is 147 Å². The summed E-state index contributed by atoms with van der Waals surface area (Å²) in [4.78, 5) is 37.1. The predicted octanol–water partition coefficient (Wildman–Crippen LogP) is 1.66. The van der Waals surface area contributed by atoms with Gasteiger partial charge in [-0.1, -0.05) is 12.1 Å². The van der Waals surface area contributed by atoms with Crippen molar-refractivity contribution in [3.63, 3.8) is 0 Å². The first-order valence-electron chi connectivity index (χ1n) is 9.01. The lowest BCUT2D eigenvalue weighted by Crippen LogP contribution is -2.31. The van der Waals surface area contributed by atoms with E-state index < -0.39 is 0 Å². The summed E-state index contributed by atoms with van der Waals surface area (Å²) >= 11 is 0. The van der Waals surface area contributed by atoms with Gasteiger partial charge in [0.05, 0.1) is 6.54 Å². The fourth-order valence-corrected chi connectivity index (χ4v) is 4.10. The van der Waals surface area contributed by atoms with Crippen LogP contribution in [-0.2, 0) is 20.9 Å². The minimum absolute atomic E-state index is 0.108. The van der Waals surface area contributed by atoms with Crippen LogP contribution in [0, 0.1) is 11.3 Å². The fourth-order valence-electron chi connectivity index (χ4n) is 4.10. The average Bonchev–Trinajstić information content (AvgIpc) is 3.22. The summed E-state index contributed by atoms with van der Waals surface area (Å²) in [7, 11) is 0. The Kier molecular flexibility index (Phi) is 4.07. The van der Waals surface area contributed by atoms with Crippen molar-refractivity contribution < 1.29 is 14.4 Å². The van der Waals surface area contributed by atoms with Crippen molar-refractivity contribution in [3.8, 4) is 0 Å². The van der Waals surface area contributed by atoms with Gasteiger partial charge in [-0.2, -0.15) is 0 Å². The highest BCUT2D eigenvalue weighted by molar-refractivity contribution is 6.01. The molecule has 1 aromatic carbocycles. The average molecular weight is 341 g/mol. The monoisotopic (exact) mass is 341 g/mol. The SMILES string of the molecule is O=C(Nc1ccc(CN2C(=O)CCC2=O)cc1)C1CC12CCNCC2. The van der Waals surface area contributed by atoms with Gasteiger partial charge in [0.1, 0.15) is 0 Å². The van der Waals surface area contributed by atoms with E-state index in [1.165, 1.54) is 4.90 Å². The molecule has 4 rings (SSSR count). The van der Waals surface area contributed by atoms with E-state index in [1.54, 1.807) is 0 Å². The van der Waals surface area contributed by atoms with Crippen molar-refractivity contribution in [3.05, 3.63) is 29.8 Å². The summed E-state index contributed by atoms with van der Waals surface area (Å²) in [5.74, 6) is 0.0282. The molecule has 2 saturated heterocycles. The number of hydrogen-bond acceptors (Lipinski definition) is 4. The Morgan fingerprint density at radius 3 is 2.40 bits per heavy atom. The minimum atomic E-state index is -0.108. The first kappa shape index (κ1) is 16.3. The van der Waals surface area contributed by atoms with E-state index >= 15 is 0 Å². The molecule has 6 heteroatoms. The molecule has 2 N–H and O–H groups in total. The Morgan fingerprint density at radius 2 is 1.76 bits per heavy atom. The second kappa shape index (κ2) is 6.26. The molecule has 2 aliphatic heterocycles. The number of rotatable bonds is 4. The molecule has 6 nitrogen and oxygen atoms in total. The van der Waals surface area contributed by atoms with Crippen molar-refractivity contribution in [1.29, 1.82) is 0 Å². The molecule has 3 aliphatic rings. The van der Waals surface area contributed by atoms with Crippen LogP contribution >= 0.6 is 0 Å². The molecule has 1 saturated carbocycles. The van der Waals surface area contributed by atoms with Crippen LogP contribution in [0.5, 0.6) is 0 Å². The molecule has 1 unspecified atom stereocenters. The van der Waals surface area contributed by atoms with Gasteiger partial charge in [-0.25, -0.2) is 0 Å². The fraction of sp³-hybridized carbons (Fsp3) is 0.526. The Balaban J connectivity index is 1.34. The number of amides is 3. The molecule has 1 atom stereocenters. The molecular weight excluding hydrogens is 318 g/mol. The number of imide groups is 1. The van der Waals surface area contributed by atoms with E-state index in [0.29, 0.717) is 19.4 Å². The normalized spacial score (nSPS) is 24.6. The molecule has 132 valence electrons. The third-order valence-electron chi connectivity index (χ3n) is 5.82. The smallest absolute Gasteiger partial charge is 0.229 e. The molecule has 1 spiro atoms. The zero-order valence-electron chi connectivity index (χ0n) is 14.2. The molecule has 25 heavy (non-hydrogen) atoms. The van der Waals surface area contributed by atoms with Gasteiger partial charge in [0.25, 0.3) is 0 Å². The topological polar surface area (TPSA) is 78.5 Å². The lowest BCUT2D eigenvalue weighted by Gasteiger charge is -2.23. The highest BCUT2D eigenvalue weighted by Gasteiger charge is 2.57. The number of nitrogens with one attached hydrogen (secondary N) is 2. The maximum atomic E-state index is 12.5. The molecule has 0 radical (unpaired) electrons.